The molecule has 2 aromatic rings. The Morgan fingerprint density at radius 2 is 2.00 bits per heavy atom. The van der Waals surface area contributed by atoms with Gasteiger partial charge in [-0.1, -0.05) is 12.1 Å². The van der Waals surface area contributed by atoms with Crippen LogP contribution >= 0.6 is 0 Å². The SMILES string of the molecule is O=C(O)CCc1c(C(=O)O)n(CC2CC2)c2c([N+](=O)[O-])cccc12. The Bertz CT molecular complexity index is 850. The predicted octanol–water partition coefficient (Wildman–Crippen LogP) is 2.67. The van der Waals surface area contributed by atoms with E-state index >= 15 is 0 Å². The molecule has 0 atom stereocenters. The number of aromatic carboxylic acids is 1. The highest BCUT2D eigenvalue weighted by Crippen LogP contribution is 2.38. The minimum atomic E-state index is -1.19. The third-order valence-electron chi connectivity index (χ3n) is 4.29. The molecule has 0 aliphatic heterocycles. The van der Waals surface area contributed by atoms with Gasteiger partial charge in [-0.25, -0.2) is 4.79 Å². The van der Waals surface area contributed by atoms with Gasteiger partial charge < -0.3 is 14.8 Å². The molecule has 8 heteroatoms. The molecule has 2 N–H and O–H groups in total. The first kappa shape index (κ1) is 16.0. The molecule has 1 aromatic heterocycles. The lowest BCUT2D eigenvalue weighted by Crippen LogP contribution is -2.13. The largest absolute Gasteiger partial charge is 0.481 e. The Hall–Kier alpha value is -2.90. The summed E-state index contributed by atoms with van der Waals surface area (Å²) in [7, 11) is 0. The number of aliphatic carboxylic acids is 1. The fourth-order valence-electron chi connectivity index (χ4n) is 3.08. The van der Waals surface area contributed by atoms with E-state index in [4.69, 9.17) is 5.11 Å². The van der Waals surface area contributed by atoms with Crippen LogP contribution in [0.2, 0.25) is 0 Å². The Kier molecular flexibility index (Phi) is 3.96. The summed E-state index contributed by atoms with van der Waals surface area (Å²) in [6, 6.07) is 4.46. The van der Waals surface area contributed by atoms with Gasteiger partial charge in [0, 0.05) is 24.4 Å². The van der Waals surface area contributed by atoms with E-state index in [1.54, 1.807) is 6.07 Å². The number of para-hydroxylation sites is 1. The molecule has 1 saturated carbocycles. The zero-order chi connectivity index (χ0) is 17.4. The van der Waals surface area contributed by atoms with Crippen LogP contribution in [0.3, 0.4) is 0 Å². The van der Waals surface area contributed by atoms with E-state index in [2.05, 4.69) is 0 Å². The molecule has 0 unspecified atom stereocenters. The van der Waals surface area contributed by atoms with E-state index in [0.29, 0.717) is 23.4 Å². The van der Waals surface area contributed by atoms with E-state index in [1.165, 1.54) is 16.7 Å². The van der Waals surface area contributed by atoms with Gasteiger partial charge in [0.15, 0.2) is 0 Å². The standard InChI is InChI=1S/C16H16N2O6/c19-13(20)7-6-11-10-2-1-3-12(18(23)24)14(10)17(8-9-4-5-9)15(11)16(21)22/h1-3,9H,4-8H2,(H,19,20)(H,21,22). The number of aryl methyl sites for hydroxylation is 1. The molecule has 1 heterocycles. The highest BCUT2D eigenvalue weighted by Gasteiger charge is 2.31. The molecule has 24 heavy (non-hydrogen) atoms. The van der Waals surface area contributed by atoms with Gasteiger partial charge in [0.25, 0.3) is 5.69 Å². The number of nitro groups is 1. The van der Waals surface area contributed by atoms with Gasteiger partial charge in [-0.2, -0.15) is 0 Å². The van der Waals surface area contributed by atoms with Crippen LogP contribution in [0.5, 0.6) is 0 Å². The molecule has 1 aliphatic carbocycles. The summed E-state index contributed by atoms with van der Waals surface area (Å²) in [5, 5.41) is 30.4. The second-order valence-corrected chi connectivity index (χ2v) is 6.01. The quantitative estimate of drug-likeness (QED) is 0.593. The van der Waals surface area contributed by atoms with Crippen molar-refractivity contribution < 1.29 is 24.7 Å². The molecule has 3 rings (SSSR count). The Labute approximate surface area is 136 Å². The molecule has 1 fully saturated rings. The second-order valence-electron chi connectivity index (χ2n) is 6.01. The maximum atomic E-state index is 11.8. The number of hydrogen-bond donors (Lipinski definition) is 2. The third kappa shape index (κ3) is 2.82. The first-order valence-electron chi connectivity index (χ1n) is 7.63. The number of nitrogens with zero attached hydrogens (tertiary/aromatic N) is 2. The molecule has 0 amide bonds. The molecule has 8 nitrogen and oxygen atoms in total. The lowest BCUT2D eigenvalue weighted by atomic mass is 10.0. The molecule has 126 valence electrons. The number of carboxylic acid groups (broad SMARTS) is 2. The molecular formula is C16H16N2O6. The summed E-state index contributed by atoms with van der Waals surface area (Å²) in [6.45, 7) is 0.399. The summed E-state index contributed by atoms with van der Waals surface area (Å²) in [5.74, 6) is -1.92. The van der Waals surface area contributed by atoms with Crippen molar-refractivity contribution in [3.8, 4) is 0 Å². The van der Waals surface area contributed by atoms with E-state index in [1.807, 2.05) is 0 Å². The zero-order valence-electron chi connectivity index (χ0n) is 12.8. The average Bonchev–Trinajstić information content (AvgIpc) is 3.26. The van der Waals surface area contributed by atoms with Crippen molar-refractivity contribution in [1.82, 2.24) is 4.57 Å². The smallest absolute Gasteiger partial charge is 0.352 e. The number of benzene rings is 1. The van der Waals surface area contributed by atoms with Gasteiger partial charge in [-0.05, 0) is 30.7 Å². The lowest BCUT2D eigenvalue weighted by molar-refractivity contribution is -0.383. The number of rotatable bonds is 7. The maximum absolute atomic E-state index is 11.8. The summed E-state index contributed by atoms with van der Waals surface area (Å²) in [6.07, 6.45) is 1.71. The van der Waals surface area contributed by atoms with Crippen molar-refractivity contribution in [1.29, 1.82) is 0 Å². The highest BCUT2D eigenvalue weighted by molar-refractivity contribution is 6.01. The monoisotopic (exact) mass is 332 g/mol. The normalized spacial score (nSPS) is 14.0. The number of non-ortho nitro benzene ring substituents is 1. The van der Waals surface area contributed by atoms with Crippen molar-refractivity contribution in [2.75, 3.05) is 0 Å². The Morgan fingerprint density at radius 3 is 2.54 bits per heavy atom. The number of fused-ring (bicyclic) bond motifs is 1. The highest BCUT2D eigenvalue weighted by atomic mass is 16.6. The number of carboxylic acids is 2. The molecule has 1 aromatic carbocycles. The summed E-state index contributed by atoms with van der Waals surface area (Å²) in [4.78, 5) is 33.5. The fourth-order valence-corrected chi connectivity index (χ4v) is 3.08. The van der Waals surface area contributed by atoms with Crippen molar-refractivity contribution in [3.05, 3.63) is 39.6 Å². The van der Waals surface area contributed by atoms with Crippen molar-refractivity contribution in [3.63, 3.8) is 0 Å². The average molecular weight is 332 g/mol. The van der Waals surface area contributed by atoms with Crippen LogP contribution in [0.1, 0.15) is 35.3 Å². The number of carbonyl (C=O) groups is 2. The predicted molar refractivity (Wildman–Crippen MR) is 84.2 cm³/mol. The summed E-state index contributed by atoms with van der Waals surface area (Å²) >= 11 is 0. The van der Waals surface area contributed by atoms with Crippen molar-refractivity contribution >= 4 is 28.5 Å². The summed E-state index contributed by atoms with van der Waals surface area (Å²) in [5.41, 5.74) is 0.432. The lowest BCUT2D eigenvalue weighted by Gasteiger charge is -2.08. The van der Waals surface area contributed by atoms with E-state index in [-0.39, 0.29) is 29.7 Å². The van der Waals surface area contributed by atoms with E-state index < -0.39 is 16.9 Å². The molecule has 0 saturated heterocycles. The number of hydrogen-bond acceptors (Lipinski definition) is 4. The molecule has 0 bridgehead atoms. The molecule has 0 radical (unpaired) electrons. The van der Waals surface area contributed by atoms with Crippen LogP contribution in [-0.4, -0.2) is 31.6 Å². The molecule has 1 aliphatic rings. The molecular weight excluding hydrogens is 316 g/mol. The second kappa shape index (κ2) is 5.95. The van der Waals surface area contributed by atoms with Crippen LogP contribution in [0.25, 0.3) is 10.9 Å². The van der Waals surface area contributed by atoms with Crippen LogP contribution < -0.4 is 0 Å². The Balaban J connectivity index is 2.28. The third-order valence-corrected chi connectivity index (χ3v) is 4.29. The van der Waals surface area contributed by atoms with Gasteiger partial charge in [-0.15, -0.1) is 0 Å². The van der Waals surface area contributed by atoms with Crippen LogP contribution in [0, 0.1) is 16.0 Å². The van der Waals surface area contributed by atoms with Gasteiger partial charge in [-0.3, -0.25) is 14.9 Å². The zero-order valence-corrected chi connectivity index (χ0v) is 12.8. The van der Waals surface area contributed by atoms with Gasteiger partial charge in [0.2, 0.25) is 0 Å². The topological polar surface area (TPSA) is 123 Å². The minimum Gasteiger partial charge on any atom is -0.481 e. The van der Waals surface area contributed by atoms with Gasteiger partial charge in [0.05, 0.1) is 4.92 Å². The fraction of sp³-hybridized carbons (Fsp3) is 0.375. The Morgan fingerprint density at radius 1 is 1.29 bits per heavy atom. The molecule has 0 spiro atoms. The van der Waals surface area contributed by atoms with Crippen molar-refractivity contribution in [2.45, 2.75) is 32.2 Å². The number of aromatic nitrogens is 1. The first-order chi connectivity index (χ1) is 11.4. The van der Waals surface area contributed by atoms with E-state index in [0.717, 1.165) is 12.8 Å². The first-order valence-corrected chi connectivity index (χ1v) is 7.63. The summed E-state index contributed by atoms with van der Waals surface area (Å²) < 4.78 is 1.49. The van der Waals surface area contributed by atoms with Gasteiger partial charge >= 0.3 is 11.9 Å². The number of nitro benzene ring substituents is 1. The van der Waals surface area contributed by atoms with Crippen LogP contribution in [0.15, 0.2) is 18.2 Å². The van der Waals surface area contributed by atoms with Crippen LogP contribution in [0.4, 0.5) is 5.69 Å². The maximum Gasteiger partial charge on any atom is 0.352 e. The van der Waals surface area contributed by atoms with Crippen LogP contribution in [-0.2, 0) is 17.8 Å². The minimum absolute atomic E-state index is 0.0201. The van der Waals surface area contributed by atoms with Gasteiger partial charge in [0.1, 0.15) is 11.2 Å². The van der Waals surface area contributed by atoms with E-state index in [9.17, 15) is 24.8 Å². The van der Waals surface area contributed by atoms with Crippen molar-refractivity contribution in [2.24, 2.45) is 5.92 Å².